The summed E-state index contributed by atoms with van der Waals surface area (Å²) in [7, 11) is 0. The fourth-order valence-corrected chi connectivity index (χ4v) is 4.49. The van der Waals surface area contributed by atoms with Gasteiger partial charge in [0.05, 0.1) is 11.7 Å². The van der Waals surface area contributed by atoms with Gasteiger partial charge in [-0.2, -0.15) is 4.98 Å². The predicted octanol–water partition coefficient (Wildman–Crippen LogP) is 5.37. The Morgan fingerprint density at radius 1 is 1.12 bits per heavy atom. The number of carbonyl (C=O) groups excluding carboxylic acids is 1. The molecule has 166 valence electrons. The van der Waals surface area contributed by atoms with E-state index in [0.29, 0.717) is 16.7 Å². The van der Waals surface area contributed by atoms with Crippen molar-refractivity contribution in [1.82, 2.24) is 14.8 Å². The smallest absolute Gasteiger partial charge is 0.338 e. The van der Waals surface area contributed by atoms with Gasteiger partial charge in [-0.25, -0.2) is 9.48 Å². The Labute approximate surface area is 193 Å². The summed E-state index contributed by atoms with van der Waals surface area (Å²) in [6.45, 7) is 7.72. The third-order valence-corrected chi connectivity index (χ3v) is 6.22. The van der Waals surface area contributed by atoms with Crippen molar-refractivity contribution in [3.8, 4) is 0 Å². The lowest BCUT2D eigenvalue weighted by molar-refractivity contribution is -0.143. The summed E-state index contributed by atoms with van der Waals surface area (Å²) in [5, 5.41) is 8.70. The van der Waals surface area contributed by atoms with Crippen molar-refractivity contribution < 1.29 is 9.53 Å². The van der Waals surface area contributed by atoms with Gasteiger partial charge < -0.3 is 10.1 Å². The van der Waals surface area contributed by atoms with Crippen LogP contribution in [0.15, 0.2) is 71.0 Å². The van der Waals surface area contributed by atoms with Crippen LogP contribution in [0.3, 0.4) is 0 Å². The summed E-state index contributed by atoms with van der Waals surface area (Å²) in [6, 6.07) is 18.2. The second-order valence-corrected chi connectivity index (χ2v) is 8.99. The standard InChI is InChI=1S/C25H28N4O2S/c1-5-18-11-13-20(14-12-18)22-21(23(30)31-16(2)3)17(4)26-24-27-25(28-29(22)24)32-15-19-9-7-6-8-10-19/h6-14,16,22H,5,15H2,1-4H3,(H,26,27,28). The lowest BCUT2D eigenvalue weighted by atomic mass is 9.94. The van der Waals surface area contributed by atoms with E-state index in [1.807, 2.05) is 39.0 Å². The molecule has 1 aromatic heterocycles. The summed E-state index contributed by atoms with van der Waals surface area (Å²) in [5.41, 5.74) is 4.72. The molecule has 1 atom stereocenters. The number of benzene rings is 2. The van der Waals surface area contributed by atoms with E-state index < -0.39 is 6.04 Å². The van der Waals surface area contributed by atoms with E-state index in [1.165, 1.54) is 11.1 Å². The fourth-order valence-electron chi connectivity index (χ4n) is 3.70. The lowest BCUT2D eigenvalue weighted by Gasteiger charge is -2.28. The molecule has 4 rings (SSSR count). The number of nitrogens with zero attached hydrogens (tertiary/aromatic N) is 3. The predicted molar refractivity (Wildman–Crippen MR) is 128 cm³/mol. The summed E-state index contributed by atoms with van der Waals surface area (Å²) < 4.78 is 7.38. The Bertz CT molecular complexity index is 1120. The molecule has 1 N–H and O–H groups in total. The Kier molecular flexibility index (Phi) is 6.65. The maximum absolute atomic E-state index is 13.1. The van der Waals surface area contributed by atoms with Crippen LogP contribution < -0.4 is 5.32 Å². The van der Waals surface area contributed by atoms with Crippen molar-refractivity contribution in [2.45, 2.75) is 57.2 Å². The summed E-state index contributed by atoms with van der Waals surface area (Å²) in [6.07, 6.45) is 0.749. The number of hydrogen-bond acceptors (Lipinski definition) is 6. The number of anilines is 1. The zero-order valence-electron chi connectivity index (χ0n) is 18.8. The molecule has 1 aliphatic rings. The zero-order valence-corrected chi connectivity index (χ0v) is 19.6. The third kappa shape index (κ3) is 4.72. The summed E-state index contributed by atoms with van der Waals surface area (Å²) >= 11 is 1.57. The minimum Gasteiger partial charge on any atom is -0.459 e. The van der Waals surface area contributed by atoms with Gasteiger partial charge >= 0.3 is 5.97 Å². The molecule has 0 amide bonds. The van der Waals surface area contributed by atoms with E-state index >= 15 is 0 Å². The number of nitrogens with one attached hydrogen (secondary N) is 1. The Hall–Kier alpha value is -3.06. The number of fused-ring (bicyclic) bond motifs is 1. The molecule has 1 aliphatic heterocycles. The van der Waals surface area contributed by atoms with Crippen LogP contribution in [-0.4, -0.2) is 26.8 Å². The number of allylic oxidation sites excluding steroid dienone is 1. The summed E-state index contributed by atoms with van der Waals surface area (Å²) in [5.74, 6) is 1.06. The van der Waals surface area contributed by atoms with Gasteiger partial charge in [-0.15, -0.1) is 5.10 Å². The Morgan fingerprint density at radius 3 is 2.50 bits per heavy atom. The van der Waals surface area contributed by atoms with Crippen molar-refractivity contribution in [2.24, 2.45) is 0 Å². The molecule has 0 radical (unpaired) electrons. The van der Waals surface area contributed by atoms with Crippen LogP contribution in [-0.2, 0) is 21.7 Å². The highest BCUT2D eigenvalue weighted by atomic mass is 32.2. The molecule has 0 bridgehead atoms. The number of hydrogen-bond donors (Lipinski definition) is 1. The second kappa shape index (κ2) is 9.61. The first-order valence-electron chi connectivity index (χ1n) is 10.9. The van der Waals surface area contributed by atoms with Crippen LogP contribution in [0.25, 0.3) is 0 Å². The molecule has 2 heterocycles. The first-order chi connectivity index (χ1) is 15.5. The number of ether oxygens (including phenoxy) is 1. The molecular weight excluding hydrogens is 420 g/mol. The van der Waals surface area contributed by atoms with Gasteiger partial charge in [0.1, 0.15) is 6.04 Å². The molecule has 0 aliphatic carbocycles. The van der Waals surface area contributed by atoms with E-state index in [1.54, 1.807) is 16.4 Å². The maximum atomic E-state index is 13.1. The minimum atomic E-state index is -0.401. The van der Waals surface area contributed by atoms with Crippen molar-refractivity contribution in [3.63, 3.8) is 0 Å². The van der Waals surface area contributed by atoms with Crippen molar-refractivity contribution in [1.29, 1.82) is 0 Å². The van der Waals surface area contributed by atoms with Gasteiger partial charge in [0, 0.05) is 11.4 Å². The van der Waals surface area contributed by atoms with Crippen molar-refractivity contribution >= 4 is 23.7 Å². The van der Waals surface area contributed by atoms with E-state index in [-0.39, 0.29) is 12.1 Å². The third-order valence-electron chi connectivity index (χ3n) is 5.31. The number of esters is 1. The first-order valence-corrected chi connectivity index (χ1v) is 11.9. The second-order valence-electron chi connectivity index (χ2n) is 8.05. The van der Waals surface area contributed by atoms with Crippen LogP contribution in [0.4, 0.5) is 5.95 Å². The van der Waals surface area contributed by atoms with Crippen molar-refractivity contribution in [2.75, 3.05) is 5.32 Å². The lowest BCUT2D eigenvalue weighted by Crippen LogP contribution is -2.30. The molecule has 0 spiro atoms. The number of thioether (sulfide) groups is 1. The molecule has 0 saturated heterocycles. The normalized spacial score (nSPS) is 15.5. The molecule has 1 unspecified atom stereocenters. The van der Waals surface area contributed by atoms with Crippen LogP contribution in [0.1, 0.15) is 50.4 Å². The first kappa shape index (κ1) is 22.1. The fraction of sp³-hybridized carbons (Fsp3) is 0.320. The highest BCUT2D eigenvalue weighted by molar-refractivity contribution is 7.98. The average Bonchev–Trinajstić information content (AvgIpc) is 3.19. The average molecular weight is 449 g/mol. The monoisotopic (exact) mass is 448 g/mol. The van der Waals surface area contributed by atoms with Gasteiger partial charge in [0.25, 0.3) is 0 Å². The van der Waals surface area contributed by atoms with Crippen LogP contribution in [0.2, 0.25) is 0 Å². The number of rotatable bonds is 7. The zero-order chi connectivity index (χ0) is 22.7. The molecular formula is C25H28N4O2S. The van der Waals surface area contributed by atoms with Crippen molar-refractivity contribution in [3.05, 3.63) is 82.6 Å². The van der Waals surface area contributed by atoms with Gasteiger partial charge in [-0.05, 0) is 43.9 Å². The molecule has 0 fully saturated rings. The van der Waals surface area contributed by atoms with E-state index in [9.17, 15) is 4.79 Å². The van der Waals surface area contributed by atoms with Crippen LogP contribution >= 0.6 is 11.8 Å². The summed E-state index contributed by atoms with van der Waals surface area (Å²) in [4.78, 5) is 17.8. The molecule has 32 heavy (non-hydrogen) atoms. The number of carbonyl (C=O) groups is 1. The SMILES string of the molecule is CCc1ccc(C2C(C(=O)OC(C)C)=C(C)Nc3nc(SCc4ccccc4)nn32)cc1. The van der Waals surface area contributed by atoms with Crippen LogP contribution in [0.5, 0.6) is 0 Å². The van der Waals surface area contributed by atoms with Gasteiger partial charge in [-0.3, -0.25) is 0 Å². The number of aryl methyl sites for hydroxylation is 1. The molecule has 0 saturated carbocycles. The molecule has 2 aromatic carbocycles. The van der Waals surface area contributed by atoms with Gasteiger partial charge in [-0.1, -0.05) is 73.3 Å². The van der Waals surface area contributed by atoms with E-state index in [0.717, 1.165) is 23.4 Å². The van der Waals surface area contributed by atoms with E-state index in [2.05, 4.69) is 48.6 Å². The highest BCUT2D eigenvalue weighted by Crippen LogP contribution is 2.37. The largest absolute Gasteiger partial charge is 0.459 e. The van der Waals surface area contributed by atoms with E-state index in [4.69, 9.17) is 14.8 Å². The minimum absolute atomic E-state index is 0.208. The molecule has 6 nitrogen and oxygen atoms in total. The van der Waals surface area contributed by atoms with Gasteiger partial charge in [0.2, 0.25) is 11.1 Å². The molecule has 7 heteroatoms. The Balaban J connectivity index is 1.70. The topological polar surface area (TPSA) is 69.0 Å². The van der Waals surface area contributed by atoms with Gasteiger partial charge in [0.15, 0.2) is 0 Å². The molecule has 3 aromatic rings. The Morgan fingerprint density at radius 2 is 1.84 bits per heavy atom. The quantitative estimate of drug-likeness (QED) is 0.387. The van der Waals surface area contributed by atoms with Crippen LogP contribution in [0, 0.1) is 0 Å². The maximum Gasteiger partial charge on any atom is 0.338 e. The number of aromatic nitrogens is 3. The highest BCUT2D eigenvalue weighted by Gasteiger charge is 2.35.